The van der Waals surface area contributed by atoms with Crippen LogP contribution >= 0.6 is 0 Å². The van der Waals surface area contributed by atoms with E-state index in [1.54, 1.807) is 12.5 Å². The van der Waals surface area contributed by atoms with Crippen LogP contribution in [0.15, 0.2) is 61.3 Å². The maximum absolute atomic E-state index is 12.7. The quantitative estimate of drug-likeness (QED) is 0.517. The molecule has 4 aromatic rings. The van der Waals surface area contributed by atoms with Gasteiger partial charge in [0.05, 0.1) is 18.4 Å². The summed E-state index contributed by atoms with van der Waals surface area (Å²) in [5, 5.41) is 3.10. The number of aryl methyl sites for hydroxylation is 1. The second-order valence-corrected chi connectivity index (χ2v) is 8.21. The van der Waals surface area contributed by atoms with Crippen molar-refractivity contribution >= 4 is 17.1 Å². The summed E-state index contributed by atoms with van der Waals surface area (Å²) in [4.78, 5) is 26.0. The zero-order chi connectivity index (χ0) is 20.6. The first-order chi connectivity index (χ1) is 14.6. The Kier molecular flexibility index (Phi) is 4.58. The van der Waals surface area contributed by atoms with Crippen LogP contribution < -0.4 is 5.32 Å². The molecule has 30 heavy (non-hydrogen) atoms. The smallest absolute Gasteiger partial charge is 0.252 e. The van der Waals surface area contributed by atoms with E-state index in [9.17, 15) is 4.79 Å². The number of hydrogen-bond donors (Lipinski definition) is 1. The van der Waals surface area contributed by atoms with Crippen LogP contribution in [-0.2, 0) is 13.1 Å². The molecule has 0 bridgehead atoms. The van der Waals surface area contributed by atoms with Crippen LogP contribution in [0.25, 0.3) is 11.2 Å². The summed E-state index contributed by atoms with van der Waals surface area (Å²) in [6.45, 7) is 4.25. The summed E-state index contributed by atoms with van der Waals surface area (Å²) in [7, 11) is 0. The number of carbonyl (C=O) groups is 1. The van der Waals surface area contributed by atoms with Crippen LogP contribution in [0, 0.1) is 12.3 Å². The highest BCUT2D eigenvalue weighted by Gasteiger charge is 2.43. The number of fused-ring (bicyclic) bond motifs is 1. The Morgan fingerprint density at radius 1 is 1.13 bits per heavy atom. The molecule has 0 atom stereocenters. The molecule has 1 amide bonds. The molecular weight excluding hydrogens is 376 g/mol. The van der Waals surface area contributed by atoms with E-state index in [1.165, 1.54) is 5.56 Å². The van der Waals surface area contributed by atoms with Crippen molar-refractivity contribution in [2.24, 2.45) is 5.41 Å². The fourth-order valence-electron chi connectivity index (χ4n) is 3.84. The molecule has 1 fully saturated rings. The van der Waals surface area contributed by atoms with Gasteiger partial charge in [-0.25, -0.2) is 15.0 Å². The van der Waals surface area contributed by atoms with Crippen LogP contribution in [0.1, 0.15) is 34.6 Å². The first kappa shape index (κ1) is 18.5. The lowest BCUT2D eigenvalue weighted by molar-refractivity contribution is 0.0942. The summed E-state index contributed by atoms with van der Waals surface area (Å²) < 4.78 is 4.16. The monoisotopic (exact) mass is 400 g/mol. The summed E-state index contributed by atoms with van der Waals surface area (Å²) in [6.07, 6.45) is 9.47. The molecule has 1 N–H and O–H groups in total. The van der Waals surface area contributed by atoms with Gasteiger partial charge in [-0.1, -0.05) is 30.3 Å². The fourth-order valence-corrected chi connectivity index (χ4v) is 3.84. The fraction of sp³-hybridized carbons (Fsp3) is 0.304. The number of nitrogens with one attached hydrogen (secondary N) is 1. The van der Waals surface area contributed by atoms with E-state index in [1.807, 2.05) is 48.1 Å². The van der Waals surface area contributed by atoms with Gasteiger partial charge in [-0.05, 0) is 31.4 Å². The maximum Gasteiger partial charge on any atom is 0.252 e. The molecule has 0 spiro atoms. The Morgan fingerprint density at radius 2 is 1.97 bits per heavy atom. The number of nitrogens with zero attached hydrogens (tertiary/aromatic N) is 5. The molecule has 1 saturated carbocycles. The van der Waals surface area contributed by atoms with Crippen molar-refractivity contribution in [3.05, 3.63) is 78.3 Å². The summed E-state index contributed by atoms with van der Waals surface area (Å²) in [5.41, 5.74) is 3.37. The predicted molar refractivity (Wildman–Crippen MR) is 114 cm³/mol. The van der Waals surface area contributed by atoms with Gasteiger partial charge in [0.15, 0.2) is 5.65 Å². The third-order valence-electron chi connectivity index (χ3n) is 5.92. The van der Waals surface area contributed by atoms with Gasteiger partial charge < -0.3 is 14.5 Å². The number of rotatable bonds is 7. The topological polar surface area (TPSA) is 77.6 Å². The van der Waals surface area contributed by atoms with Gasteiger partial charge in [-0.15, -0.1) is 0 Å². The number of aromatic nitrogens is 5. The van der Waals surface area contributed by atoms with Gasteiger partial charge in [0.25, 0.3) is 5.91 Å². The number of imidazole rings is 2. The molecule has 5 rings (SSSR count). The zero-order valence-electron chi connectivity index (χ0n) is 17.0. The third-order valence-corrected chi connectivity index (χ3v) is 5.92. The Bertz CT molecular complexity index is 1190. The maximum atomic E-state index is 12.7. The van der Waals surface area contributed by atoms with Crippen LogP contribution in [-0.4, -0.2) is 36.5 Å². The number of amides is 1. The Labute approximate surface area is 174 Å². The van der Waals surface area contributed by atoms with Crippen molar-refractivity contribution in [1.82, 2.24) is 29.4 Å². The molecule has 1 aliphatic carbocycles. The van der Waals surface area contributed by atoms with Crippen molar-refractivity contribution in [1.29, 1.82) is 0 Å². The first-order valence-corrected chi connectivity index (χ1v) is 10.2. The van der Waals surface area contributed by atoms with Crippen molar-refractivity contribution in [3.8, 4) is 0 Å². The Morgan fingerprint density at radius 3 is 2.70 bits per heavy atom. The van der Waals surface area contributed by atoms with Gasteiger partial charge in [-0.3, -0.25) is 4.79 Å². The van der Waals surface area contributed by atoms with E-state index in [-0.39, 0.29) is 11.3 Å². The molecule has 3 aromatic heterocycles. The van der Waals surface area contributed by atoms with Gasteiger partial charge in [0, 0.05) is 37.1 Å². The standard InChI is InChI=1S/C23H24N6O/c1-17-24-9-10-28(17)15-23(7-8-23)14-26-22(30)19-11-20-21(25-12-19)29(16-27-20)13-18-5-3-2-4-6-18/h2-6,9-12,16H,7-8,13-15H2,1H3,(H,26,30). The third kappa shape index (κ3) is 3.70. The van der Waals surface area contributed by atoms with E-state index < -0.39 is 0 Å². The number of hydrogen-bond acceptors (Lipinski definition) is 4. The molecule has 152 valence electrons. The molecule has 1 aliphatic rings. The average molecular weight is 400 g/mol. The van der Waals surface area contributed by atoms with Gasteiger partial charge in [-0.2, -0.15) is 0 Å². The highest BCUT2D eigenvalue weighted by atomic mass is 16.1. The van der Waals surface area contributed by atoms with E-state index in [2.05, 4.69) is 37.0 Å². The highest BCUT2D eigenvalue weighted by molar-refractivity contribution is 5.96. The highest BCUT2D eigenvalue weighted by Crippen LogP contribution is 2.46. The number of pyridine rings is 1. The van der Waals surface area contributed by atoms with Crippen LogP contribution in [0.4, 0.5) is 0 Å². The lowest BCUT2D eigenvalue weighted by atomic mass is 10.1. The second kappa shape index (κ2) is 7.40. The summed E-state index contributed by atoms with van der Waals surface area (Å²) in [6, 6.07) is 12.0. The minimum absolute atomic E-state index is 0.101. The van der Waals surface area contributed by atoms with Crippen molar-refractivity contribution < 1.29 is 4.79 Å². The van der Waals surface area contributed by atoms with Gasteiger partial charge >= 0.3 is 0 Å². The minimum atomic E-state index is -0.101. The number of benzene rings is 1. The normalized spacial score (nSPS) is 14.7. The molecule has 0 radical (unpaired) electrons. The zero-order valence-corrected chi connectivity index (χ0v) is 17.0. The van der Waals surface area contributed by atoms with E-state index in [0.29, 0.717) is 18.7 Å². The lowest BCUT2D eigenvalue weighted by Crippen LogP contribution is -2.32. The van der Waals surface area contributed by atoms with E-state index >= 15 is 0 Å². The summed E-state index contributed by atoms with van der Waals surface area (Å²) in [5.74, 6) is 0.906. The molecule has 7 heteroatoms. The van der Waals surface area contributed by atoms with Crippen LogP contribution in [0.2, 0.25) is 0 Å². The van der Waals surface area contributed by atoms with E-state index in [0.717, 1.165) is 36.4 Å². The molecule has 7 nitrogen and oxygen atoms in total. The molecular formula is C23H24N6O. The largest absolute Gasteiger partial charge is 0.351 e. The van der Waals surface area contributed by atoms with Crippen LogP contribution in [0.5, 0.6) is 0 Å². The van der Waals surface area contributed by atoms with Crippen molar-refractivity contribution in [2.45, 2.75) is 32.9 Å². The molecule has 0 aliphatic heterocycles. The van der Waals surface area contributed by atoms with Gasteiger partial charge in [0.1, 0.15) is 11.3 Å². The molecule has 3 heterocycles. The molecule has 0 unspecified atom stereocenters. The second-order valence-electron chi connectivity index (χ2n) is 8.21. The predicted octanol–water partition coefficient (Wildman–Crippen LogP) is 3.19. The lowest BCUT2D eigenvalue weighted by Gasteiger charge is -2.17. The SMILES string of the molecule is Cc1nccn1CC1(CNC(=O)c2cnc3c(c2)ncn3Cc2ccccc2)CC1. The molecule has 1 aromatic carbocycles. The minimum Gasteiger partial charge on any atom is -0.351 e. The average Bonchev–Trinajstić information content (AvgIpc) is 3.25. The van der Waals surface area contributed by atoms with Crippen molar-refractivity contribution in [2.75, 3.05) is 6.54 Å². The van der Waals surface area contributed by atoms with Gasteiger partial charge in [0.2, 0.25) is 0 Å². The van der Waals surface area contributed by atoms with Crippen LogP contribution in [0.3, 0.4) is 0 Å². The summed E-state index contributed by atoms with van der Waals surface area (Å²) >= 11 is 0. The number of carbonyl (C=O) groups excluding carboxylic acids is 1. The first-order valence-electron chi connectivity index (χ1n) is 10.2. The Hall–Kier alpha value is -3.48. The Balaban J connectivity index is 1.26. The van der Waals surface area contributed by atoms with Crippen molar-refractivity contribution in [3.63, 3.8) is 0 Å². The van der Waals surface area contributed by atoms with E-state index in [4.69, 9.17) is 0 Å². The molecule has 0 saturated heterocycles.